The Balaban J connectivity index is 1.49. The number of non-ortho nitro benzene ring substituents is 1. The van der Waals surface area contributed by atoms with Gasteiger partial charge in [0.25, 0.3) is 21.6 Å². The zero-order valence-corrected chi connectivity index (χ0v) is 17.4. The molecule has 0 radical (unpaired) electrons. The predicted octanol–water partition coefficient (Wildman–Crippen LogP) is 4.32. The number of carbonyl (C=O) groups excluding carboxylic acids is 1. The maximum absolute atomic E-state index is 12.5. The van der Waals surface area contributed by atoms with Gasteiger partial charge in [-0.05, 0) is 36.4 Å². The first-order valence-corrected chi connectivity index (χ1v) is 11.5. The second-order valence-corrected chi connectivity index (χ2v) is 9.67. The summed E-state index contributed by atoms with van der Waals surface area (Å²) < 4.78 is 27.8. The minimum Gasteiger partial charge on any atom is -0.321 e. The molecule has 152 valence electrons. The zero-order valence-electron chi connectivity index (χ0n) is 14.9. The van der Waals surface area contributed by atoms with Gasteiger partial charge in [0.05, 0.1) is 14.7 Å². The van der Waals surface area contributed by atoms with Crippen LogP contribution in [-0.4, -0.2) is 24.2 Å². The van der Waals surface area contributed by atoms with Gasteiger partial charge in [0.2, 0.25) is 0 Å². The minimum atomic E-state index is -3.78. The molecule has 0 fully saturated rings. The van der Waals surface area contributed by atoms with Crippen LogP contribution in [0.25, 0.3) is 10.1 Å². The number of nitro benzene ring substituents is 1. The number of carbonyl (C=O) groups is 1. The van der Waals surface area contributed by atoms with Crippen LogP contribution in [0, 0.1) is 10.1 Å². The molecule has 0 spiro atoms. The Morgan fingerprint density at radius 1 is 1.10 bits per heavy atom. The molecule has 0 saturated heterocycles. The molecule has 0 aliphatic rings. The van der Waals surface area contributed by atoms with E-state index in [1.54, 1.807) is 17.5 Å². The summed E-state index contributed by atoms with van der Waals surface area (Å²) in [6, 6.07) is 11.7. The topological polar surface area (TPSA) is 131 Å². The van der Waals surface area contributed by atoms with Crippen LogP contribution in [0.5, 0.6) is 0 Å². The number of fused-ring (bicyclic) bond motifs is 1. The predicted molar refractivity (Wildman–Crippen MR) is 116 cm³/mol. The van der Waals surface area contributed by atoms with Gasteiger partial charge in [0.1, 0.15) is 0 Å². The summed E-state index contributed by atoms with van der Waals surface area (Å²) in [7, 11) is -3.78. The molecule has 12 heteroatoms. The van der Waals surface area contributed by atoms with E-state index in [0.29, 0.717) is 16.0 Å². The quantitative estimate of drug-likeness (QED) is 0.325. The van der Waals surface area contributed by atoms with Gasteiger partial charge < -0.3 is 5.32 Å². The van der Waals surface area contributed by atoms with Crippen molar-refractivity contribution < 1.29 is 18.1 Å². The summed E-state index contributed by atoms with van der Waals surface area (Å²) in [6.07, 6.45) is 1.49. The fraction of sp³-hybridized carbons (Fsp3) is 0. The highest BCUT2D eigenvalue weighted by Crippen LogP contribution is 2.29. The molecule has 1 amide bonds. The number of rotatable bonds is 6. The van der Waals surface area contributed by atoms with Crippen LogP contribution < -0.4 is 10.0 Å². The average molecular weight is 461 g/mol. The summed E-state index contributed by atoms with van der Waals surface area (Å²) in [4.78, 5) is 27.2. The van der Waals surface area contributed by atoms with E-state index in [1.807, 2.05) is 0 Å². The lowest BCUT2D eigenvalue weighted by Gasteiger charge is -2.07. The van der Waals surface area contributed by atoms with Crippen molar-refractivity contribution in [3.05, 3.63) is 75.1 Å². The van der Waals surface area contributed by atoms with Gasteiger partial charge in [-0.1, -0.05) is 0 Å². The maximum atomic E-state index is 12.5. The van der Waals surface area contributed by atoms with Crippen molar-refractivity contribution in [3.63, 3.8) is 0 Å². The lowest BCUT2D eigenvalue weighted by atomic mass is 10.2. The number of sulfonamides is 1. The number of anilines is 2. The van der Waals surface area contributed by atoms with E-state index in [-0.39, 0.29) is 15.7 Å². The van der Waals surface area contributed by atoms with Gasteiger partial charge in [-0.3, -0.25) is 19.6 Å². The molecule has 2 heterocycles. The van der Waals surface area contributed by atoms with Gasteiger partial charge >= 0.3 is 0 Å². The van der Waals surface area contributed by atoms with E-state index in [4.69, 9.17) is 0 Å². The SMILES string of the molecule is O=C(Nc1ccc(S(=O)(=O)Nc2nccs2)cc1)c1cc2cc([N+](=O)[O-])ccc2s1. The normalized spacial score (nSPS) is 11.3. The van der Waals surface area contributed by atoms with Gasteiger partial charge in [0.15, 0.2) is 5.13 Å². The lowest BCUT2D eigenvalue weighted by molar-refractivity contribution is -0.384. The van der Waals surface area contributed by atoms with Crippen molar-refractivity contribution in [2.75, 3.05) is 10.0 Å². The molecule has 30 heavy (non-hydrogen) atoms. The van der Waals surface area contributed by atoms with E-state index in [2.05, 4.69) is 15.0 Å². The largest absolute Gasteiger partial charge is 0.321 e. The molecule has 4 rings (SSSR count). The molecular formula is C18H12N4O5S3. The number of nitro groups is 1. The molecule has 2 aromatic carbocycles. The summed E-state index contributed by atoms with van der Waals surface area (Å²) in [6.45, 7) is 0. The molecule has 2 N–H and O–H groups in total. The fourth-order valence-corrected chi connectivity index (χ4v) is 5.34. The zero-order chi connectivity index (χ0) is 21.3. The smallest absolute Gasteiger partial charge is 0.270 e. The highest BCUT2D eigenvalue weighted by atomic mass is 32.2. The van der Waals surface area contributed by atoms with E-state index in [9.17, 15) is 23.3 Å². The Kier molecular flexibility index (Phi) is 5.20. The lowest BCUT2D eigenvalue weighted by Crippen LogP contribution is -2.13. The van der Waals surface area contributed by atoms with E-state index in [1.165, 1.54) is 53.9 Å². The van der Waals surface area contributed by atoms with Crippen LogP contribution in [0.3, 0.4) is 0 Å². The van der Waals surface area contributed by atoms with Crippen LogP contribution in [0.15, 0.2) is 65.0 Å². The van der Waals surface area contributed by atoms with Crippen LogP contribution in [-0.2, 0) is 10.0 Å². The van der Waals surface area contributed by atoms with Crippen molar-refractivity contribution in [2.24, 2.45) is 0 Å². The summed E-state index contributed by atoms with van der Waals surface area (Å²) in [5, 5.41) is 16.1. The molecule has 0 unspecified atom stereocenters. The van der Waals surface area contributed by atoms with Crippen LogP contribution in [0.2, 0.25) is 0 Å². The van der Waals surface area contributed by atoms with Gasteiger partial charge in [0, 0.05) is 39.5 Å². The first kappa shape index (κ1) is 19.9. The van der Waals surface area contributed by atoms with Gasteiger partial charge in [-0.2, -0.15) is 0 Å². The number of nitrogens with zero attached hydrogens (tertiary/aromatic N) is 2. The van der Waals surface area contributed by atoms with Crippen LogP contribution >= 0.6 is 22.7 Å². The summed E-state index contributed by atoms with van der Waals surface area (Å²) in [5.41, 5.74) is 0.368. The highest BCUT2D eigenvalue weighted by Gasteiger charge is 2.17. The van der Waals surface area contributed by atoms with Crippen molar-refractivity contribution in [2.45, 2.75) is 4.90 Å². The van der Waals surface area contributed by atoms with E-state index < -0.39 is 20.9 Å². The van der Waals surface area contributed by atoms with Gasteiger partial charge in [-0.25, -0.2) is 13.4 Å². The number of hydrogen-bond acceptors (Lipinski definition) is 8. The van der Waals surface area contributed by atoms with Gasteiger partial charge in [-0.15, -0.1) is 22.7 Å². The molecule has 4 aromatic rings. The second kappa shape index (κ2) is 7.82. The maximum Gasteiger partial charge on any atom is 0.270 e. The standard InChI is InChI=1S/C18H12N4O5S3/c23-17(16-10-11-9-13(22(24)25)3-6-15(11)29-16)20-12-1-4-14(5-2-12)30(26,27)21-18-19-7-8-28-18/h1-10H,(H,19,21)(H,20,23). The molecule has 0 saturated carbocycles. The summed E-state index contributed by atoms with van der Waals surface area (Å²) in [5.74, 6) is -0.393. The van der Waals surface area contributed by atoms with Crippen LogP contribution in [0.1, 0.15) is 9.67 Å². The third-order valence-corrected chi connectivity index (χ3v) is 7.30. The Hall–Kier alpha value is -3.35. The first-order valence-electron chi connectivity index (χ1n) is 8.33. The van der Waals surface area contributed by atoms with E-state index >= 15 is 0 Å². The second-order valence-electron chi connectivity index (χ2n) is 6.01. The van der Waals surface area contributed by atoms with Crippen molar-refractivity contribution in [1.82, 2.24) is 4.98 Å². The Labute approximate surface area is 178 Å². The third kappa shape index (κ3) is 4.15. The Morgan fingerprint density at radius 2 is 1.87 bits per heavy atom. The van der Waals surface area contributed by atoms with Crippen molar-refractivity contribution >= 4 is 65.2 Å². The Bertz CT molecular complexity index is 1350. The van der Waals surface area contributed by atoms with Crippen molar-refractivity contribution in [3.8, 4) is 0 Å². The monoisotopic (exact) mass is 460 g/mol. The molecule has 0 bridgehead atoms. The molecule has 0 aliphatic carbocycles. The van der Waals surface area contributed by atoms with Crippen molar-refractivity contribution in [1.29, 1.82) is 0 Å². The third-order valence-electron chi connectivity index (χ3n) is 4.01. The molecular weight excluding hydrogens is 448 g/mol. The number of amides is 1. The van der Waals surface area contributed by atoms with E-state index in [0.717, 1.165) is 16.0 Å². The fourth-order valence-electron chi connectivity index (χ4n) is 2.61. The number of aromatic nitrogens is 1. The molecule has 0 aliphatic heterocycles. The Morgan fingerprint density at radius 3 is 2.53 bits per heavy atom. The number of benzene rings is 2. The summed E-state index contributed by atoms with van der Waals surface area (Å²) >= 11 is 2.37. The first-order chi connectivity index (χ1) is 14.3. The van der Waals surface area contributed by atoms with Crippen LogP contribution in [0.4, 0.5) is 16.5 Å². The highest BCUT2D eigenvalue weighted by molar-refractivity contribution is 7.93. The number of thiophene rings is 1. The molecule has 0 atom stereocenters. The minimum absolute atomic E-state index is 0.0323. The number of hydrogen-bond donors (Lipinski definition) is 2. The number of nitrogens with one attached hydrogen (secondary N) is 2. The molecule has 2 aromatic heterocycles. The number of thiazole rings is 1. The molecule has 9 nitrogen and oxygen atoms in total. The average Bonchev–Trinajstić information content (AvgIpc) is 3.36.